The van der Waals surface area contributed by atoms with Crippen LogP contribution >= 0.6 is 23.5 Å². The van der Waals surface area contributed by atoms with Crippen LogP contribution in [0.2, 0.25) is 5.02 Å². The molecule has 0 aliphatic heterocycles. The van der Waals surface area contributed by atoms with E-state index < -0.39 is 23.2 Å². The van der Waals surface area contributed by atoms with E-state index in [1.165, 1.54) is 0 Å². The van der Waals surface area contributed by atoms with Crippen molar-refractivity contribution in [1.82, 2.24) is 8.96 Å². The van der Waals surface area contributed by atoms with Gasteiger partial charge in [-0.1, -0.05) is 29.8 Å². The fourth-order valence-corrected chi connectivity index (χ4v) is 2.82. The maximum Gasteiger partial charge on any atom is 0.360 e. The van der Waals surface area contributed by atoms with Crippen LogP contribution in [0, 0.1) is 5.82 Å². The number of nitrogens with one attached hydrogen (secondary N) is 1. The topological polar surface area (TPSA) is 64.0 Å². The van der Waals surface area contributed by atoms with Crippen LogP contribution in [0.5, 0.6) is 0 Å². The predicted molar refractivity (Wildman–Crippen MR) is 95.6 cm³/mol. The molecular weight excluding hydrogens is 365 g/mol. The highest BCUT2D eigenvalue weighted by Crippen LogP contribution is 2.21. The Balaban J connectivity index is 1.81. The van der Waals surface area contributed by atoms with E-state index in [1.54, 1.807) is 54.6 Å². The minimum absolute atomic E-state index is 0.336. The number of aromatic nitrogens is 2. The molecule has 3 rings (SSSR count). The number of hydrogen-bond acceptors (Lipinski definition) is 4. The van der Waals surface area contributed by atoms with Crippen molar-refractivity contribution in [2.75, 3.05) is 5.32 Å². The van der Waals surface area contributed by atoms with Crippen molar-refractivity contribution in [3.63, 3.8) is 0 Å². The fraction of sp³-hybridized carbons (Fsp3) is 0. The second-order valence-electron chi connectivity index (χ2n) is 4.91. The largest absolute Gasteiger partial charge is 0.360 e. The molecule has 1 N–H and O–H groups in total. The number of rotatable bonds is 4. The first-order valence-electron chi connectivity index (χ1n) is 7.12. The van der Waals surface area contributed by atoms with Gasteiger partial charge in [-0.05, 0) is 48.3 Å². The lowest BCUT2D eigenvalue weighted by atomic mass is 10.2. The van der Waals surface area contributed by atoms with Crippen molar-refractivity contribution in [3.05, 3.63) is 87.7 Å². The number of hydrogen-bond donors (Lipinski definition) is 1. The van der Waals surface area contributed by atoms with Gasteiger partial charge >= 0.3 is 5.69 Å². The van der Waals surface area contributed by atoms with Gasteiger partial charge < -0.3 is 5.32 Å². The fourth-order valence-electron chi connectivity index (χ4n) is 1.95. The molecule has 25 heavy (non-hydrogen) atoms. The lowest BCUT2D eigenvalue weighted by Gasteiger charge is -2.08. The zero-order chi connectivity index (χ0) is 17.8. The third-order valence-electron chi connectivity index (χ3n) is 3.14. The van der Waals surface area contributed by atoms with Gasteiger partial charge in [-0.3, -0.25) is 4.79 Å². The minimum Gasteiger partial charge on any atom is -0.304 e. The first-order chi connectivity index (χ1) is 12.0. The summed E-state index contributed by atoms with van der Waals surface area (Å²) in [5.41, 5.74) is -0.367. The summed E-state index contributed by atoms with van der Waals surface area (Å²) in [5.74, 6) is -1.77. The summed E-state index contributed by atoms with van der Waals surface area (Å²) in [5, 5.41) is 2.86. The molecule has 0 radical (unpaired) electrons. The Hall–Kier alpha value is -2.64. The number of amides is 1. The molecule has 3 aromatic rings. The van der Waals surface area contributed by atoms with E-state index in [9.17, 15) is 14.0 Å². The third kappa shape index (κ3) is 4.26. The number of halogens is 2. The van der Waals surface area contributed by atoms with Gasteiger partial charge in [0.2, 0.25) is 0 Å². The van der Waals surface area contributed by atoms with E-state index in [-0.39, 0.29) is 0 Å². The number of benzene rings is 2. The van der Waals surface area contributed by atoms with Crippen LogP contribution in [0.15, 0.2) is 70.5 Å². The molecule has 0 fully saturated rings. The van der Waals surface area contributed by atoms with Crippen LogP contribution in [0.1, 0.15) is 10.4 Å². The second-order valence-corrected chi connectivity index (χ2v) is 6.39. The van der Waals surface area contributed by atoms with Crippen molar-refractivity contribution < 1.29 is 9.18 Å². The highest BCUT2D eigenvalue weighted by atomic mass is 35.5. The van der Waals surface area contributed by atoms with E-state index >= 15 is 0 Å². The quantitative estimate of drug-likeness (QED) is 0.752. The van der Waals surface area contributed by atoms with E-state index in [2.05, 4.69) is 10.3 Å². The summed E-state index contributed by atoms with van der Waals surface area (Å²) in [6.45, 7) is 0. The van der Waals surface area contributed by atoms with Gasteiger partial charge in [-0.25, -0.2) is 13.2 Å². The van der Waals surface area contributed by atoms with Gasteiger partial charge in [0.05, 0.1) is 6.20 Å². The smallest absolute Gasteiger partial charge is 0.304 e. The summed E-state index contributed by atoms with van der Waals surface area (Å²) in [6.07, 6.45) is 0.981. The second kappa shape index (κ2) is 7.50. The zero-order valence-electron chi connectivity index (χ0n) is 12.6. The molecule has 0 saturated carbocycles. The van der Waals surface area contributed by atoms with E-state index in [4.69, 9.17) is 11.6 Å². The molecule has 8 heteroatoms. The molecule has 1 amide bonds. The lowest BCUT2D eigenvalue weighted by Crippen LogP contribution is -2.23. The molecule has 126 valence electrons. The Morgan fingerprint density at radius 3 is 2.48 bits per heavy atom. The summed E-state index contributed by atoms with van der Waals surface area (Å²) in [4.78, 5) is 28.4. The Morgan fingerprint density at radius 2 is 1.80 bits per heavy atom. The van der Waals surface area contributed by atoms with Crippen LogP contribution in [0.3, 0.4) is 0 Å². The molecule has 0 atom stereocenters. The van der Waals surface area contributed by atoms with Crippen LogP contribution in [-0.4, -0.2) is 14.9 Å². The number of anilines is 1. The molecule has 0 aliphatic rings. The van der Waals surface area contributed by atoms with Gasteiger partial charge in [0.25, 0.3) is 5.91 Å². The Labute approximate surface area is 151 Å². The monoisotopic (exact) mass is 375 g/mol. The maximum absolute atomic E-state index is 14.2. The number of nitrogens with zero attached hydrogens (tertiary/aromatic N) is 2. The van der Waals surface area contributed by atoms with Crippen molar-refractivity contribution >= 4 is 35.3 Å². The standard InChI is InChI=1S/C17H11ClFN3O2S/c18-12-6-8-13(9-7-12)25-22-10-14(19)15(21-17(22)24)20-16(23)11-4-2-1-3-5-11/h1-10H,(H,20,21,23,24). The van der Waals surface area contributed by atoms with Crippen molar-refractivity contribution in [3.8, 4) is 0 Å². The third-order valence-corrected chi connectivity index (χ3v) is 4.33. The molecule has 0 bridgehead atoms. The van der Waals surface area contributed by atoms with Gasteiger partial charge in [0, 0.05) is 15.5 Å². The first-order valence-corrected chi connectivity index (χ1v) is 8.27. The average molecular weight is 376 g/mol. The SMILES string of the molecule is O=C(Nc1nc(=O)n(Sc2ccc(Cl)cc2)cc1F)c1ccccc1. The van der Waals surface area contributed by atoms with Crippen LogP contribution in [0.25, 0.3) is 0 Å². The molecule has 0 unspecified atom stereocenters. The predicted octanol–water partition coefficient (Wildman–Crippen LogP) is 3.84. The van der Waals surface area contributed by atoms with Crippen LogP contribution in [-0.2, 0) is 0 Å². The Kier molecular flexibility index (Phi) is 5.16. The summed E-state index contributed by atoms with van der Waals surface area (Å²) in [6, 6.07) is 15.0. The lowest BCUT2D eigenvalue weighted by molar-refractivity contribution is 0.102. The highest BCUT2D eigenvalue weighted by Gasteiger charge is 2.13. The molecule has 1 aromatic heterocycles. The van der Waals surface area contributed by atoms with Crippen molar-refractivity contribution in [1.29, 1.82) is 0 Å². The average Bonchev–Trinajstić information content (AvgIpc) is 2.62. The molecule has 5 nitrogen and oxygen atoms in total. The first kappa shape index (κ1) is 17.2. The Bertz CT molecular complexity index is 962. The summed E-state index contributed by atoms with van der Waals surface area (Å²) >= 11 is 6.79. The number of carbonyl (C=O) groups is 1. The molecule has 1 heterocycles. The van der Waals surface area contributed by atoms with E-state index in [0.717, 1.165) is 22.1 Å². The normalized spacial score (nSPS) is 10.5. The summed E-state index contributed by atoms with van der Waals surface area (Å²) < 4.78 is 15.2. The van der Waals surface area contributed by atoms with Gasteiger partial charge in [-0.15, -0.1) is 0 Å². The van der Waals surface area contributed by atoms with Gasteiger partial charge in [0.1, 0.15) is 0 Å². The van der Waals surface area contributed by atoms with E-state index in [0.29, 0.717) is 15.5 Å². The molecule has 0 spiro atoms. The van der Waals surface area contributed by atoms with Gasteiger partial charge in [0.15, 0.2) is 11.6 Å². The van der Waals surface area contributed by atoms with Crippen molar-refractivity contribution in [2.45, 2.75) is 4.90 Å². The molecule has 2 aromatic carbocycles. The highest BCUT2D eigenvalue weighted by molar-refractivity contribution is 7.97. The van der Waals surface area contributed by atoms with Crippen LogP contribution in [0.4, 0.5) is 10.2 Å². The Morgan fingerprint density at radius 1 is 1.12 bits per heavy atom. The van der Waals surface area contributed by atoms with Gasteiger partial charge in [-0.2, -0.15) is 4.98 Å². The maximum atomic E-state index is 14.2. The summed E-state index contributed by atoms with van der Waals surface area (Å²) in [7, 11) is 0. The van der Waals surface area contributed by atoms with Crippen molar-refractivity contribution in [2.24, 2.45) is 0 Å². The molecular formula is C17H11ClFN3O2S. The minimum atomic E-state index is -0.814. The number of carbonyl (C=O) groups excluding carboxylic acids is 1. The molecule has 0 aliphatic carbocycles. The zero-order valence-corrected chi connectivity index (χ0v) is 14.2. The molecule has 0 saturated heterocycles. The van der Waals surface area contributed by atoms with E-state index in [1.807, 2.05) is 0 Å². The van der Waals surface area contributed by atoms with Crippen LogP contribution < -0.4 is 11.0 Å².